The second-order valence-corrected chi connectivity index (χ2v) is 5.84. The van der Waals surface area contributed by atoms with E-state index in [0.717, 1.165) is 44.6 Å². The summed E-state index contributed by atoms with van der Waals surface area (Å²) in [4.78, 5) is 16.8. The number of carbonyl (C=O) groups is 1. The van der Waals surface area contributed by atoms with Gasteiger partial charge in [-0.25, -0.2) is 0 Å². The largest absolute Gasteiger partial charge is 0.315 e. The molecule has 1 N–H and O–H groups in total. The van der Waals surface area contributed by atoms with Gasteiger partial charge in [0.15, 0.2) is 0 Å². The van der Waals surface area contributed by atoms with E-state index in [1.807, 2.05) is 11.0 Å². The van der Waals surface area contributed by atoms with Gasteiger partial charge in [0.2, 0.25) is 5.91 Å². The SMILES string of the molecule is CN(CC(=O)N1CCCc2ccccc21)C1CCNC1.Cl. The number of amides is 1. The molecule has 3 rings (SSSR count). The van der Waals surface area contributed by atoms with Crippen LogP contribution >= 0.6 is 12.4 Å². The summed E-state index contributed by atoms with van der Waals surface area (Å²) in [5.74, 6) is 0.228. The van der Waals surface area contributed by atoms with Gasteiger partial charge in [0.1, 0.15) is 0 Å². The number of aryl methyl sites for hydroxylation is 1. The van der Waals surface area contributed by atoms with Crippen LogP contribution in [0.5, 0.6) is 0 Å². The van der Waals surface area contributed by atoms with Gasteiger partial charge in [0.25, 0.3) is 0 Å². The van der Waals surface area contributed by atoms with Gasteiger partial charge in [0.05, 0.1) is 6.54 Å². The lowest BCUT2D eigenvalue weighted by Crippen LogP contribution is -2.45. The minimum Gasteiger partial charge on any atom is -0.315 e. The van der Waals surface area contributed by atoms with Gasteiger partial charge in [0, 0.05) is 24.8 Å². The molecule has 1 saturated heterocycles. The molecular formula is C16H24ClN3O. The third-order valence-corrected chi connectivity index (χ3v) is 4.45. The van der Waals surface area contributed by atoms with E-state index < -0.39 is 0 Å². The number of nitrogens with one attached hydrogen (secondary N) is 1. The first-order chi connectivity index (χ1) is 9.75. The molecule has 0 saturated carbocycles. The predicted molar refractivity (Wildman–Crippen MR) is 88.3 cm³/mol. The Labute approximate surface area is 132 Å². The molecule has 2 aliphatic rings. The minimum absolute atomic E-state index is 0. The number of anilines is 1. The Kier molecular flexibility index (Phi) is 5.62. The summed E-state index contributed by atoms with van der Waals surface area (Å²) >= 11 is 0. The molecule has 0 bridgehead atoms. The average Bonchev–Trinajstić information content (AvgIpc) is 3.01. The van der Waals surface area contributed by atoms with Crippen molar-refractivity contribution < 1.29 is 4.79 Å². The van der Waals surface area contributed by atoms with Gasteiger partial charge in [-0.3, -0.25) is 9.69 Å². The summed E-state index contributed by atoms with van der Waals surface area (Å²) in [6, 6.07) is 8.79. The van der Waals surface area contributed by atoms with Crippen molar-refractivity contribution in [1.82, 2.24) is 10.2 Å². The van der Waals surface area contributed by atoms with E-state index in [2.05, 4.69) is 35.5 Å². The van der Waals surface area contributed by atoms with Crippen LogP contribution in [0, 0.1) is 0 Å². The van der Waals surface area contributed by atoms with Crippen molar-refractivity contribution in [1.29, 1.82) is 0 Å². The van der Waals surface area contributed by atoms with Crippen LogP contribution in [0.1, 0.15) is 18.4 Å². The summed E-state index contributed by atoms with van der Waals surface area (Å²) in [6.07, 6.45) is 3.29. The topological polar surface area (TPSA) is 35.6 Å². The van der Waals surface area contributed by atoms with Crippen molar-refractivity contribution in [3.63, 3.8) is 0 Å². The average molecular weight is 310 g/mol. The molecule has 1 fully saturated rings. The summed E-state index contributed by atoms with van der Waals surface area (Å²) < 4.78 is 0. The van der Waals surface area contributed by atoms with Crippen LogP contribution in [0.25, 0.3) is 0 Å². The van der Waals surface area contributed by atoms with E-state index in [9.17, 15) is 4.79 Å². The number of hydrogen-bond donors (Lipinski definition) is 1. The molecule has 1 aromatic carbocycles. The van der Waals surface area contributed by atoms with Gasteiger partial charge in [-0.2, -0.15) is 0 Å². The maximum Gasteiger partial charge on any atom is 0.241 e. The molecule has 0 radical (unpaired) electrons. The molecule has 21 heavy (non-hydrogen) atoms. The number of hydrogen-bond acceptors (Lipinski definition) is 3. The van der Waals surface area contributed by atoms with Crippen LogP contribution < -0.4 is 10.2 Å². The number of halogens is 1. The van der Waals surface area contributed by atoms with E-state index in [0.29, 0.717) is 12.6 Å². The molecule has 116 valence electrons. The highest BCUT2D eigenvalue weighted by molar-refractivity contribution is 5.95. The highest BCUT2D eigenvalue weighted by atomic mass is 35.5. The van der Waals surface area contributed by atoms with Crippen molar-refractivity contribution in [3.8, 4) is 0 Å². The summed E-state index contributed by atoms with van der Waals surface area (Å²) in [5, 5.41) is 3.36. The van der Waals surface area contributed by atoms with Gasteiger partial charge in [-0.05, 0) is 44.5 Å². The number of rotatable bonds is 3. The van der Waals surface area contributed by atoms with Crippen LogP contribution in [-0.2, 0) is 11.2 Å². The first-order valence-electron chi connectivity index (χ1n) is 7.55. The lowest BCUT2D eigenvalue weighted by molar-refractivity contribution is -0.119. The highest BCUT2D eigenvalue weighted by Gasteiger charge is 2.26. The Morgan fingerprint density at radius 3 is 3.00 bits per heavy atom. The molecule has 0 aromatic heterocycles. The normalized spacial score (nSPS) is 21.0. The Bertz CT molecular complexity index is 488. The molecule has 1 atom stereocenters. The summed E-state index contributed by atoms with van der Waals surface area (Å²) in [6.45, 7) is 3.43. The van der Waals surface area contributed by atoms with E-state index in [1.54, 1.807) is 0 Å². The van der Waals surface area contributed by atoms with Crippen molar-refractivity contribution in [2.24, 2.45) is 0 Å². The molecular weight excluding hydrogens is 286 g/mol. The lowest BCUT2D eigenvalue weighted by atomic mass is 10.0. The number of para-hydroxylation sites is 1. The van der Waals surface area contributed by atoms with Gasteiger partial charge >= 0.3 is 0 Å². The van der Waals surface area contributed by atoms with Crippen molar-refractivity contribution in [2.75, 3.05) is 38.1 Å². The minimum atomic E-state index is 0. The second-order valence-electron chi connectivity index (χ2n) is 5.84. The van der Waals surface area contributed by atoms with E-state index in [4.69, 9.17) is 0 Å². The summed E-state index contributed by atoms with van der Waals surface area (Å²) in [7, 11) is 2.06. The van der Waals surface area contributed by atoms with Crippen LogP contribution in [0.4, 0.5) is 5.69 Å². The van der Waals surface area contributed by atoms with E-state index >= 15 is 0 Å². The van der Waals surface area contributed by atoms with Crippen molar-refractivity contribution in [2.45, 2.75) is 25.3 Å². The fraction of sp³-hybridized carbons (Fsp3) is 0.562. The van der Waals surface area contributed by atoms with Gasteiger partial charge in [-0.15, -0.1) is 12.4 Å². The molecule has 2 aliphatic heterocycles. The third-order valence-electron chi connectivity index (χ3n) is 4.45. The first-order valence-corrected chi connectivity index (χ1v) is 7.55. The fourth-order valence-electron chi connectivity index (χ4n) is 3.24. The van der Waals surface area contributed by atoms with Crippen LogP contribution in [0.2, 0.25) is 0 Å². The highest BCUT2D eigenvalue weighted by Crippen LogP contribution is 2.26. The number of carbonyl (C=O) groups excluding carboxylic acids is 1. The molecule has 0 spiro atoms. The Balaban J connectivity index is 0.00000161. The number of likely N-dealkylation sites (N-methyl/N-ethyl adjacent to an activating group) is 1. The zero-order valence-electron chi connectivity index (χ0n) is 12.5. The molecule has 4 nitrogen and oxygen atoms in total. The molecule has 5 heteroatoms. The smallest absolute Gasteiger partial charge is 0.241 e. The lowest BCUT2D eigenvalue weighted by Gasteiger charge is -2.32. The Morgan fingerprint density at radius 2 is 2.24 bits per heavy atom. The summed E-state index contributed by atoms with van der Waals surface area (Å²) in [5.41, 5.74) is 2.42. The zero-order chi connectivity index (χ0) is 13.9. The molecule has 1 amide bonds. The number of benzene rings is 1. The standard InChI is InChI=1S/C16H23N3O.ClH/c1-18(14-8-9-17-11-14)12-16(20)19-10-4-6-13-5-2-3-7-15(13)19;/h2-3,5,7,14,17H,4,6,8-12H2,1H3;1H. The maximum atomic E-state index is 12.6. The van der Waals surface area contributed by atoms with Gasteiger partial charge < -0.3 is 10.2 Å². The van der Waals surface area contributed by atoms with Crippen molar-refractivity contribution >= 4 is 24.0 Å². The van der Waals surface area contributed by atoms with Crippen LogP contribution in [0.3, 0.4) is 0 Å². The Morgan fingerprint density at radius 1 is 1.43 bits per heavy atom. The van der Waals surface area contributed by atoms with Crippen LogP contribution in [0.15, 0.2) is 24.3 Å². The molecule has 1 unspecified atom stereocenters. The molecule has 2 heterocycles. The second kappa shape index (κ2) is 7.25. The first kappa shape index (κ1) is 16.3. The maximum absolute atomic E-state index is 12.6. The quantitative estimate of drug-likeness (QED) is 0.923. The Hall–Kier alpha value is -1.10. The van der Waals surface area contributed by atoms with E-state index in [-0.39, 0.29) is 18.3 Å². The zero-order valence-corrected chi connectivity index (χ0v) is 13.4. The van der Waals surface area contributed by atoms with Crippen LogP contribution in [-0.4, -0.2) is 50.1 Å². The van der Waals surface area contributed by atoms with Crippen molar-refractivity contribution in [3.05, 3.63) is 29.8 Å². The molecule has 1 aromatic rings. The number of nitrogens with zero attached hydrogens (tertiary/aromatic N) is 2. The fourth-order valence-corrected chi connectivity index (χ4v) is 3.24. The van der Waals surface area contributed by atoms with Gasteiger partial charge in [-0.1, -0.05) is 18.2 Å². The van der Waals surface area contributed by atoms with E-state index in [1.165, 1.54) is 5.56 Å². The third kappa shape index (κ3) is 3.57. The molecule has 0 aliphatic carbocycles. The predicted octanol–water partition coefficient (Wildman–Crippen LogP) is 1.68. The monoisotopic (exact) mass is 309 g/mol. The number of fused-ring (bicyclic) bond motifs is 1.